The van der Waals surface area contributed by atoms with Crippen LogP contribution in [0.5, 0.6) is 0 Å². The third kappa shape index (κ3) is 2.16. The van der Waals surface area contributed by atoms with Crippen LogP contribution in [0.25, 0.3) is 0 Å². The van der Waals surface area contributed by atoms with Gasteiger partial charge >= 0.3 is 0 Å². The lowest BCUT2D eigenvalue weighted by Gasteiger charge is -2.43. The molecule has 0 saturated carbocycles. The summed E-state index contributed by atoms with van der Waals surface area (Å²) in [7, 11) is 0. The number of rotatable bonds is 4. The minimum absolute atomic E-state index is 0.101. The first-order valence-corrected chi connectivity index (χ1v) is 9.39. The number of ketones is 1. The summed E-state index contributed by atoms with van der Waals surface area (Å²) in [5.74, 6) is 0.495. The molecule has 1 unspecified atom stereocenters. The van der Waals surface area contributed by atoms with Gasteiger partial charge < -0.3 is 0 Å². The van der Waals surface area contributed by atoms with Gasteiger partial charge in [-0.3, -0.25) is 4.79 Å². The van der Waals surface area contributed by atoms with Gasteiger partial charge in [0.05, 0.1) is 0 Å². The second-order valence-corrected chi connectivity index (χ2v) is 7.58. The fourth-order valence-electron chi connectivity index (χ4n) is 4.79. The third-order valence-corrected chi connectivity index (χ3v) is 6.80. The monoisotopic (exact) mass is 310 g/mol. The molecule has 0 amide bonds. The van der Waals surface area contributed by atoms with Gasteiger partial charge in [0.2, 0.25) is 0 Å². The molecule has 124 valence electrons. The summed E-state index contributed by atoms with van der Waals surface area (Å²) in [5, 5.41) is 0. The fourth-order valence-corrected chi connectivity index (χ4v) is 4.79. The summed E-state index contributed by atoms with van der Waals surface area (Å²) in [6.45, 7) is 11.2. The van der Waals surface area contributed by atoms with Crippen LogP contribution in [0.1, 0.15) is 87.4 Å². The van der Waals surface area contributed by atoms with Gasteiger partial charge in [-0.25, -0.2) is 0 Å². The van der Waals surface area contributed by atoms with Crippen molar-refractivity contribution in [2.45, 2.75) is 77.6 Å². The number of allylic oxidation sites excluding steroid dienone is 2. The van der Waals surface area contributed by atoms with E-state index in [1.54, 1.807) is 0 Å². The molecule has 1 aromatic carbocycles. The van der Waals surface area contributed by atoms with Crippen molar-refractivity contribution >= 4 is 5.78 Å². The van der Waals surface area contributed by atoms with Gasteiger partial charge in [0.1, 0.15) is 0 Å². The van der Waals surface area contributed by atoms with Crippen LogP contribution in [0.4, 0.5) is 0 Å². The number of benzene rings is 1. The Morgan fingerprint density at radius 3 is 1.87 bits per heavy atom. The predicted molar refractivity (Wildman–Crippen MR) is 97.3 cm³/mol. The fraction of sp³-hybridized carbons (Fsp3) is 0.591. The number of hydrogen-bond donors (Lipinski definition) is 0. The van der Waals surface area contributed by atoms with Crippen molar-refractivity contribution in [1.29, 1.82) is 0 Å². The summed E-state index contributed by atoms with van der Waals surface area (Å²) in [6.07, 6.45) is 10.3. The van der Waals surface area contributed by atoms with Crippen LogP contribution in [0.15, 0.2) is 24.3 Å². The minimum Gasteiger partial charge on any atom is -0.294 e. The van der Waals surface area contributed by atoms with E-state index >= 15 is 0 Å². The normalized spacial score (nSPS) is 23.7. The van der Waals surface area contributed by atoms with Crippen molar-refractivity contribution in [2.24, 2.45) is 5.92 Å². The Labute approximate surface area is 141 Å². The molecule has 2 aliphatic carbocycles. The van der Waals surface area contributed by atoms with Crippen molar-refractivity contribution < 1.29 is 4.79 Å². The lowest BCUT2D eigenvalue weighted by Crippen LogP contribution is -2.35. The first-order valence-electron chi connectivity index (χ1n) is 9.39. The Hall–Kier alpha value is -1.37. The van der Waals surface area contributed by atoms with Gasteiger partial charge in [-0.15, -0.1) is 0 Å². The lowest BCUT2D eigenvalue weighted by atomic mass is 9.61. The molecule has 3 rings (SSSR count). The van der Waals surface area contributed by atoms with Gasteiger partial charge in [0.25, 0.3) is 0 Å². The summed E-state index contributed by atoms with van der Waals surface area (Å²) in [5.41, 5.74) is 5.45. The molecule has 23 heavy (non-hydrogen) atoms. The van der Waals surface area contributed by atoms with Crippen molar-refractivity contribution in [2.75, 3.05) is 0 Å². The van der Waals surface area contributed by atoms with Crippen LogP contribution in [0.2, 0.25) is 0 Å². The number of carbonyl (C=O) groups is 1. The number of hydrogen-bond acceptors (Lipinski definition) is 1. The number of Topliss-reactive ketones (excluding diaryl/α,β-unsaturated/α-hetero) is 1. The molecule has 0 heterocycles. The quantitative estimate of drug-likeness (QED) is 0.647. The summed E-state index contributed by atoms with van der Waals surface area (Å²) in [6, 6.07) is 4.66. The Balaban J connectivity index is 2.30. The Kier molecular flexibility index (Phi) is 4.02. The smallest absolute Gasteiger partial charge is 0.166 e. The van der Waals surface area contributed by atoms with Crippen LogP contribution in [0, 0.1) is 5.92 Å². The van der Waals surface area contributed by atoms with Gasteiger partial charge in [-0.2, -0.15) is 0 Å². The van der Waals surface area contributed by atoms with E-state index in [9.17, 15) is 4.79 Å². The molecule has 0 spiro atoms. The molecule has 0 aromatic heterocycles. The zero-order chi connectivity index (χ0) is 16.8. The predicted octanol–water partition coefficient (Wildman–Crippen LogP) is 5.75. The zero-order valence-corrected chi connectivity index (χ0v) is 15.3. The van der Waals surface area contributed by atoms with Gasteiger partial charge in [0, 0.05) is 22.3 Å². The third-order valence-electron chi connectivity index (χ3n) is 6.80. The van der Waals surface area contributed by atoms with Gasteiger partial charge in [-0.1, -0.05) is 52.8 Å². The largest absolute Gasteiger partial charge is 0.294 e. The van der Waals surface area contributed by atoms with Crippen LogP contribution in [-0.2, 0) is 17.3 Å². The van der Waals surface area contributed by atoms with E-state index in [1.807, 2.05) is 0 Å². The molecule has 0 fully saturated rings. The van der Waals surface area contributed by atoms with E-state index < -0.39 is 0 Å². The Bertz CT molecular complexity index is 657. The van der Waals surface area contributed by atoms with E-state index in [0.717, 1.165) is 37.7 Å². The van der Waals surface area contributed by atoms with Crippen molar-refractivity contribution in [1.82, 2.24) is 0 Å². The molecular weight excluding hydrogens is 280 g/mol. The maximum atomic E-state index is 12.6. The van der Waals surface area contributed by atoms with E-state index in [0.29, 0.717) is 5.78 Å². The van der Waals surface area contributed by atoms with E-state index in [-0.39, 0.29) is 16.7 Å². The van der Waals surface area contributed by atoms with Crippen molar-refractivity contribution in [3.63, 3.8) is 0 Å². The lowest BCUT2D eigenvalue weighted by molar-refractivity contribution is 0.0946. The summed E-state index contributed by atoms with van der Waals surface area (Å²) in [4.78, 5) is 12.6. The molecule has 1 heteroatoms. The van der Waals surface area contributed by atoms with Gasteiger partial charge in [-0.05, 0) is 54.9 Å². The maximum absolute atomic E-state index is 12.6. The van der Waals surface area contributed by atoms with Crippen LogP contribution >= 0.6 is 0 Å². The second kappa shape index (κ2) is 5.61. The van der Waals surface area contributed by atoms with Crippen LogP contribution < -0.4 is 0 Å². The summed E-state index contributed by atoms with van der Waals surface area (Å²) < 4.78 is 0. The molecule has 0 saturated heterocycles. The maximum Gasteiger partial charge on any atom is 0.166 e. The summed E-state index contributed by atoms with van der Waals surface area (Å²) >= 11 is 0. The molecule has 1 atom stereocenters. The SMILES string of the molecule is CCC1(CC)C=CC(CC)(CC)c2cc3c(cc21)CC(C)C3=O. The van der Waals surface area contributed by atoms with Crippen molar-refractivity contribution in [3.8, 4) is 0 Å². The van der Waals surface area contributed by atoms with E-state index in [4.69, 9.17) is 0 Å². The molecule has 0 N–H and O–H groups in total. The molecule has 1 nitrogen and oxygen atoms in total. The Morgan fingerprint density at radius 1 is 0.913 bits per heavy atom. The number of fused-ring (bicyclic) bond motifs is 2. The first kappa shape index (κ1) is 16.5. The highest BCUT2D eigenvalue weighted by molar-refractivity contribution is 6.02. The molecule has 0 bridgehead atoms. The first-order chi connectivity index (χ1) is 11.0. The van der Waals surface area contributed by atoms with E-state index in [2.05, 4.69) is 58.9 Å². The molecule has 1 aromatic rings. The van der Waals surface area contributed by atoms with Crippen molar-refractivity contribution in [3.05, 3.63) is 46.5 Å². The highest BCUT2D eigenvalue weighted by Crippen LogP contribution is 2.49. The van der Waals surface area contributed by atoms with Crippen LogP contribution in [-0.4, -0.2) is 5.78 Å². The van der Waals surface area contributed by atoms with Gasteiger partial charge in [0.15, 0.2) is 5.78 Å². The standard InChI is InChI=1S/C22H30O/c1-6-21(7-2)10-11-22(8-3,9-4)19-14-17-16(13-18(19)21)12-15(5)20(17)23/h10-11,13-15H,6-9,12H2,1-5H3. The molecule has 0 radical (unpaired) electrons. The average Bonchev–Trinajstić information content (AvgIpc) is 2.87. The Morgan fingerprint density at radius 2 is 1.39 bits per heavy atom. The van der Waals surface area contributed by atoms with E-state index in [1.165, 1.54) is 16.7 Å². The second-order valence-electron chi connectivity index (χ2n) is 7.58. The number of carbonyl (C=O) groups excluding carboxylic acids is 1. The average molecular weight is 310 g/mol. The highest BCUT2D eigenvalue weighted by Gasteiger charge is 2.41. The minimum atomic E-state index is 0.101. The molecule has 2 aliphatic rings. The topological polar surface area (TPSA) is 17.1 Å². The van der Waals surface area contributed by atoms with Crippen LogP contribution in [0.3, 0.4) is 0 Å². The zero-order valence-electron chi connectivity index (χ0n) is 15.3. The highest BCUT2D eigenvalue weighted by atomic mass is 16.1. The molecule has 0 aliphatic heterocycles. The molecular formula is C22H30O.